The molecule has 0 spiro atoms. The van der Waals surface area contributed by atoms with Gasteiger partial charge in [-0.1, -0.05) is 13.3 Å². The number of hydrogen-bond donors (Lipinski definition) is 2. The minimum Gasteiger partial charge on any atom is -0.370 e. The van der Waals surface area contributed by atoms with Crippen LogP contribution in [0.3, 0.4) is 0 Å². The normalized spacial score (nSPS) is 22.0. The van der Waals surface area contributed by atoms with Crippen LogP contribution in [0.1, 0.15) is 44.5 Å². The number of hydrogen-bond acceptors (Lipinski definition) is 5. The van der Waals surface area contributed by atoms with E-state index in [1.807, 2.05) is 11.8 Å². The molecule has 0 radical (unpaired) electrons. The van der Waals surface area contributed by atoms with E-state index < -0.39 is 0 Å². The molecule has 1 aliphatic rings. The van der Waals surface area contributed by atoms with Gasteiger partial charge < -0.3 is 10.6 Å². The Kier molecular flexibility index (Phi) is 5.52. The standard InChI is InChI=1S/C15H26N4S/c1-5-13-18-14(16-6-2)10(3)15(19-13)17-11-8-7-9-12(11)20-4/h11-12H,5-9H2,1-4H3,(H2,16,17,18,19). The minimum atomic E-state index is 0.540. The van der Waals surface area contributed by atoms with Crippen LogP contribution >= 0.6 is 11.8 Å². The predicted molar refractivity (Wildman–Crippen MR) is 88.9 cm³/mol. The van der Waals surface area contributed by atoms with Gasteiger partial charge in [-0.2, -0.15) is 11.8 Å². The van der Waals surface area contributed by atoms with Crippen molar-refractivity contribution in [2.45, 2.75) is 57.7 Å². The predicted octanol–water partition coefficient (Wildman–Crippen LogP) is 3.48. The molecule has 0 saturated heterocycles. The second-order valence-electron chi connectivity index (χ2n) is 5.30. The molecule has 0 aromatic carbocycles. The lowest BCUT2D eigenvalue weighted by Gasteiger charge is -2.22. The third kappa shape index (κ3) is 3.37. The summed E-state index contributed by atoms with van der Waals surface area (Å²) in [5.41, 5.74) is 1.14. The van der Waals surface area contributed by atoms with E-state index in [4.69, 9.17) is 4.98 Å². The molecule has 20 heavy (non-hydrogen) atoms. The second-order valence-corrected chi connectivity index (χ2v) is 6.38. The van der Waals surface area contributed by atoms with Gasteiger partial charge in [0, 0.05) is 29.8 Å². The van der Waals surface area contributed by atoms with Gasteiger partial charge in [0.2, 0.25) is 0 Å². The van der Waals surface area contributed by atoms with Gasteiger partial charge in [0.1, 0.15) is 17.5 Å². The molecule has 2 rings (SSSR count). The molecule has 1 heterocycles. The van der Waals surface area contributed by atoms with Crippen LogP contribution in [-0.4, -0.2) is 34.1 Å². The Hall–Kier alpha value is -0.970. The molecule has 1 saturated carbocycles. The third-order valence-electron chi connectivity index (χ3n) is 3.93. The highest BCUT2D eigenvalue weighted by atomic mass is 32.2. The molecule has 5 heteroatoms. The van der Waals surface area contributed by atoms with Crippen LogP contribution in [0.25, 0.3) is 0 Å². The molecule has 1 aromatic heterocycles. The van der Waals surface area contributed by atoms with E-state index in [1.54, 1.807) is 0 Å². The Bertz CT molecular complexity index is 450. The molecular weight excluding hydrogens is 268 g/mol. The van der Waals surface area contributed by atoms with Crippen LogP contribution in [0.15, 0.2) is 0 Å². The number of aromatic nitrogens is 2. The van der Waals surface area contributed by atoms with Gasteiger partial charge in [-0.15, -0.1) is 0 Å². The lowest BCUT2D eigenvalue weighted by atomic mass is 10.2. The van der Waals surface area contributed by atoms with Gasteiger partial charge in [0.25, 0.3) is 0 Å². The zero-order valence-corrected chi connectivity index (χ0v) is 13.8. The molecular formula is C15H26N4S. The van der Waals surface area contributed by atoms with Crippen molar-refractivity contribution >= 4 is 23.4 Å². The largest absolute Gasteiger partial charge is 0.370 e. The summed E-state index contributed by atoms with van der Waals surface area (Å²) >= 11 is 1.97. The van der Waals surface area contributed by atoms with Crippen molar-refractivity contribution in [3.05, 3.63) is 11.4 Å². The number of aryl methyl sites for hydroxylation is 1. The van der Waals surface area contributed by atoms with E-state index in [-0.39, 0.29) is 0 Å². The van der Waals surface area contributed by atoms with E-state index in [0.717, 1.165) is 36.0 Å². The monoisotopic (exact) mass is 294 g/mol. The molecule has 1 aromatic rings. The van der Waals surface area contributed by atoms with Crippen LogP contribution in [0, 0.1) is 6.92 Å². The van der Waals surface area contributed by atoms with Crippen molar-refractivity contribution in [3.8, 4) is 0 Å². The van der Waals surface area contributed by atoms with E-state index in [1.165, 1.54) is 19.3 Å². The van der Waals surface area contributed by atoms with Crippen molar-refractivity contribution in [2.24, 2.45) is 0 Å². The highest BCUT2D eigenvalue weighted by Crippen LogP contribution is 2.32. The number of anilines is 2. The first-order chi connectivity index (χ1) is 9.69. The molecule has 2 N–H and O–H groups in total. The highest BCUT2D eigenvalue weighted by molar-refractivity contribution is 7.99. The zero-order valence-electron chi connectivity index (χ0n) is 13.0. The van der Waals surface area contributed by atoms with E-state index in [2.05, 4.69) is 42.6 Å². The third-order valence-corrected chi connectivity index (χ3v) is 5.10. The summed E-state index contributed by atoms with van der Waals surface area (Å²) in [6.45, 7) is 7.19. The number of thioether (sulfide) groups is 1. The fourth-order valence-corrected chi connectivity index (χ4v) is 3.69. The number of rotatable bonds is 6. The Morgan fingerprint density at radius 1 is 1.20 bits per heavy atom. The SMILES string of the molecule is CCNc1nc(CC)nc(NC2CCCC2SC)c1C. The molecule has 2 unspecified atom stereocenters. The minimum absolute atomic E-state index is 0.540. The lowest BCUT2D eigenvalue weighted by molar-refractivity contribution is 0.757. The Labute approximate surface area is 126 Å². The first kappa shape index (κ1) is 15.4. The molecule has 2 atom stereocenters. The Morgan fingerprint density at radius 3 is 2.60 bits per heavy atom. The zero-order chi connectivity index (χ0) is 14.5. The fourth-order valence-electron chi connectivity index (χ4n) is 2.75. The molecule has 1 fully saturated rings. The first-order valence-corrected chi connectivity index (χ1v) is 8.89. The lowest BCUT2D eigenvalue weighted by Crippen LogP contribution is -2.27. The Balaban J connectivity index is 2.23. The van der Waals surface area contributed by atoms with E-state index in [0.29, 0.717) is 11.3 Å². The van der Waals surface area contributed by atoms with Crippen molar-refractivity contribution in [2.75, 3.05) is 23.4 Å². The summed E-state index contributed by atoms with van der Waals surface area (Å²) in [7, 11) is 0. The van der Waals surface area contributed by atoms with Gasteiger partial charge in [0.15, 0.2) is 0 Å². The van der Waals surface area contributed by atoms with Crippen molar-refractivity contribution < 1.29 is 0 Å². The number of nitrogens with zero attached hydrogens (tertiary/aromatic N) is 2. The fraction of sp³-hybridized carbons (Fsp3) is 0.733. The van der Waals surface area contributed by atoms with Gasteiger partial charge in [-0.3, -0.25) is 0 Å². The molecule has 112 valence electrons. The molecule has 1 aliphatic carbocycles. The maximum absolute atomic E-state index is 4.69. The summed E-state index contributed by atoms with van der Waals surface area (Å²) in [5.74, 6) is 2.90. The smallest absolute Gasteiger partial charge is 0.135 e. The van der Waals surface area contributed by atoms with Crippen LogP contribution in [0.2, 0.25) is 0 Å². The average molecular weight is 294 g/mol. The highest BCUT2D eigenvalue weighted by Gasteiger charge is 2.27. The molecule has 0 aliphatic heterocycles. The van der Waals surface area contributed by atoms with Gasteiger partial charge >= 0.3 is 0 Å². The summed E-state index contributed by atoms with van der Waals surface area (Å²) in [6, 6.07) is 0.540. The maximum Gasteiger partial charge on any atom is 0.135 e. The van der Waals surface area contributed by atoms with Crippen molar-refractivity contribution in [3.63, 3.8) is 0 Å². The van der Waals surface area contributed by atoms with Gasteiger partial charge in [-0.05, 0) is 32.9 Å². The maximum atomic E-state index is 4.69. The topological polar surface area (TPSA) is 49.8 Å². The molecule has 0 bridgehead atoms. The van der Waals surface area contributed by atoms with Crippen molar-refractivity contribution in [1.82, 2.24) is 9.97 Å². The van der Waals surface area contributed by atoms with E-state index >= 15 is 0 Å². The quantitative estimate of drug-likeness (QED) is 0.841. The first-order valence-electron chi connectivity index (χ1n) is 7.60. The average Bonchev–Trinajstić information content (AvgIpc) is 2.90. The van der Waals surface area contributed by atoms with Crippen LogP contribution < -0.4 is 10.6 Å². The summed E-state index contributed by atoms with van der Waals surface area (Å²) in [4.78, 5) is 9.28. The molecule has 4 nitrogen and oxygen atoms in total. The number of nitrogens with one attached hydrogen (secondary N) is 2. The Morgan fingerprint density at radius 2 is 1.95 bits per heavy atom. The summed E-state index contributed by atoms with van der Waals surface area (Å²) in [5, 5.41) is 7.72. The van der Waals surface area contributed by atoms with Gasteiger partial charge in [0.05, 0.1) is 0 Å². The van der Waals surface area contributed by atoms with Crippen LogP contribution in [0.5, 0.6) is 0 Å². The van der Waals surface area contributed by atoms with Crippen molar-refractivity contribution in [1.29, 1.82) is 0 Å². The molecule has 0 amide bonds. The van der Waals surface area contributed by atoms with Crippen LogP contribution in [0.4, 0.5) is 11.6 Å². The van der Waals surface area contributed by atoms with Gasteiger partial charge in [-0.25, -0.2) is 9.97 Å². The van der Waals surface area contributed by atoms with Crippen LogP contribution in [-0.2, 0) is 6.42 Å². The summed E-state index contributed by atoms with van der Waals surface area (Å²) in [6.07, 6.45) is 6.94. The summed E-state index contributed by atoms with van der Waals surface area (Å²) < 4.78 is 0. The van der Waals surface area contributed by atoms with E-state index in [9.17, 15) is 0 Å². The second kappa shape index (κ2) is 7.16.